The number of ether oxygens (including phenoxy) is 1. The van der Waals surface area contributed by atoms with Crippen LogP contribution >= 0.6 is 0 Å². The van der Waals surface area contributed by atoms with E-state index in [0.29, 0.717) is 47.0 Å². The smallest absolute Gasteiger partial charge is 0.327 e. The third-order valence-electron chi connectivity index (χ3n) is 5.43. The zero-order valence-corrected chi connectivity index (χ0v) is 17.4. The van der Waals surface area contributed by atoms with E-state index in [2.05, 4.69) is 15.4 Å². The predicted molar refractivity (Wildman–Crippen MR) is 122 cm³/mol. The first-order valence-corrected chi connectivity index (χ1v) is 10.2. The molecule has 1 aliphatic heterocycles. The van der Waals surface area contributed by atoms with Gasteiger partial charge in [0.25, 0.3) is 0 Å². The Labute approximate surface area is 184 Å². The molecule has 1 aliphatic rings. The Balaban J connectivity index is 1.51. The summed E-state index contributed by atoms with van der Waals surface area (Å²) in [5.41, 5.74) is 3.40. The Morgan fingerprint density at radius 3 is 2.59 bits per heavy atom. The van der Waals surface area contributed by atoms with E-state index in [9.17, 15) is 9.90 Å². The minimum absolute atomic E-state index is 0.0680. The fraction of sp³-hybridized carbons (Fsp3) is 0.125. The Morgan fingerprint density at radius 1 is 1.06 bits per heavy atom. The molecule has 0 fully saturated rings. The second-order valence-electron chi connectivity index (χ2n) is 7.33. The topological polar surface area (TPSA) is 92.5 Å². The molecular formula is C24H21N5O3. The SMILES string of the molecule is COc1ccc(NC(=O)N2CCc3c(nn(-c4ccccc4)c3O)-c3cccnc32)cc1. The zero-order chi connectivity index (χ0) is 22.1. The number of hydrogen-bond acceptors (Lipinski definition) is 5. The van der Waals surface area contributed by atoms with E-state index in [1.807, 2.05) is 36.4 Å². The number of aromatic nitrogens is 3. The molecule has 2 amide bonds. The van der Waals surface area contributed by atoms with Crippen LogP contribution in [0.25, 0.3) is 16.9 Å². The molecule has 32 heavy (non-hydrogen) atoms. The van der Waals surface area contributed by atoms with Gasteiger partial charge in [-0.3, -0.25) is 4.90 Å². The molecule has 0 saturated carbocycles. The highest BCUT2D eigenvalue weighted by molar-refractivity contribution is 6.03. The van der Waals surface area contributed by atoms with Crippen LogP contribution in [-0.2, 0) is 6.42 Å². The van der Waals surface area contributed by atoms with Crippen LogP contribution in [0.5, 0.6) is 11.6 Å². The van der Waals surface area contributed by atoms with Gasteiger partial charge in [0, 0.05) is 29.6 Å². The lowest BCUT2D eigenvalue weighted by Gasteiger charge is -2.22. The van der Waals surface area contributed by atoms with Gasteiger partial charge >= 0.3 is 6.03 Å². The van der Waals surface area contributed by atoms with E-state index in [1.165, 1.54) is 4.68 Å². The molecule has 8 nitrogen and oxygen atoms in total. The van der Waals surface area contributed by atoms with E-state index >= 15 is 0 Å². The number of aromatic hydroxyl groups is 1. The minimum atomic E-state index is -0.310. The molecule has 2 aromatic carbocycles. The van der Waals surface area contributed by atoms with Gasteiger partial charge in [-0.15, -0.1) is 0 Å². The van der Waals surface area contributed by atoms with Gasteiger partial charge in [0.15, 0.2) is 0 Å². The number of nitrogens with one attached hydrogen (secondary N) is 1. The van der Waals surface area contributed by atoms with Crippen LogP contribution in [0.4, 0.5) is 16.3 Å². The van der Waals surface area contributed by atoms with Crippen LogP contribution in [0, 0.1) is 0 Å². The number of para-hydroxylation sites is 1. The number of rotatable bonds is 3. The summed E-state index contributed by atoms with van der Waals surface area (Å²) < 4.78 is 6.69. The standard InChI is InChI=1S/C24H21N5O3/c1-32-18-11-9-16(10-12-18)26-24(31)28-15-13-20-21(19-8-5-14-25-22(19)28)27-29(23(20)30)17-6-3-2-4-7-17/h2-12,14,30H,13,15H2,1H3,(H,26,31). The maximum Gasteiger partial charge on any atom is 0.327 e. The summed E-state index contributed by atoms with van der Waals surface area (Å²) in [5.74, 6) is 1.27. The number of urea groups is 1. The van der Waals surface area contributed by atoms with Crippen molar-refractivity contribution in [1.29, 1.82) is 0 Å². The lowest BCUT2D eigenvalue weighted by Crippen LogP contribution is -2.36. The monoisotopic (exact) mass is 427 g/mol. The van der Waals surface area contributed by atoms with Gasteiger partial charge in [-0.1, -0.05) is 18.2 Å². The number of pyridine rings is 1. The first kappa shape index (κ1) is 19.6. The maximum atomic E-state index is 13.1. The van der Waals surface area contributed by atoms with E-state index in [0.717, 1.165) is 5.69 Å². The summed E-state index contributed by atoms with van der Waals surface area (Å²) >= 11 is 0. The van der Waals surface area contributed by atoms with Crippen molar-refractivity contribution in [2.75, 3.05) is 23.9 Å². The second-order valence-corrected chi connectivity index (χ2v) is 7.33. The van der Waals surface area contributed by atoms with Gasteiger partial charge in [0.2, 0.25) is 5.88 Å². The third kappa shape index (κ3) is 3.41. The average molecular weight is 427 g/mol. The Bertz CT molecular complexity index is 1270. The second kappa shape index (κ2) is 8.07. The lowest BCUT2D eigenvalue weighted by atomic mass is 10.1. The molecule has 4 aromatic rings. The van der Waals surface area contributed by atoms with Gasteiger partial charge in [-0.2, -0.15) is 5.10 Å². The van der Waals surface area contributed by atoms with E-state index < -0.39 is 0 Å². The molecule has 2 aromatic heterocycles. The molecular weight excluding hydrogens is 406 g/mol. The van der Waals surface area contributed by atoms with Crippen LogP contribution in [0.1, 0.15) is 5.56 Å². The van der Waals surface area contributed by atoms with Crippen molar-refractivity contribution in [3.63, 3.8) is 0 Å². The highest BCUT2D eigenvalue weighted by atomic mass is 16.5. The Hall–Kier alpha value is -4.33. The van der Waals surface area contributed by atoms with Crippen LogP contribution in [0.15, 0.2) is 72.9 Å². The molecule has 2 N–H and O–H groups in total. The minimum Gasteiger partial charge on any atom is -0.497 e. The fourth-order valence-electron chi connectivity index (χ4n) is 3.83. The molecule has 0 spiro atoms. The molecule has 0 aliphatic carbocycles. The lowest BCUT2D eigenvalue weighted by molar-refractivity contribution is 0.257. The quantitative estimate of drug-likeness (QED) is 0.510. The van der Waals surface area contributed by atoms with E-state index in [1.54, 1.807) is 48.5 Å². The summed E-state index contributed by atoms with van der Waals surface area (Å²) in [6, 6.07) is 19.9. The van der Waals surface area contributed by atoms with Gasteiger partial charge in [0.05, 0.1) is 12.8 Å². The Kier molecular flexibility index (Phi) is 4.95. The predicted octanol–water partition coefficient (Wildman–Crippen LogP) is 4.24. The first-order valence-electron chi connectivity index (χ1n) is 10.2. The number of carbonyl (C=O) groups is 1. The molecule has 0 saturated heterocycles. The summed E-state index contributed by atoms with van der Waals surface area (Å²) in [4.78, 5) is 19.2. The number of methoxy groups -OCH3 is 1. The number of carbonyl (C=O) groups excluding carboxylic acids is 1. The Morgan fingerprint density at radius 2 is 1.84 bits per heavy atom. The highest BCUT2D eigenvalue weighted by Gasteiger charge is 2.30. The van der Waals surface area contributed by atoms with Gasteiger partial charge in [-0.25, -0.2) is 14.5 Å². The molecule has 0 unspecified atom stereocenters. The van der Waals surface area contributed by atoms with Crippen LogP contribution in [0.2, 0.25) is 0 Å². The molecule has 3 heterocycles. The fourth-order valence-corrected chi connectivity index (χ4v) is 3.83. The summed E-state index contributed by atoms with van der Waals surface area (Å²) in [7, 11) is 1.59. The number of nitrogens with zero attached hydrogens (tertiary/aromatic N) is 4. The molecule has 160 valence electrons. The van der Waals surface area contributed by atoms with E-state index in [4.69, 9.17) is 4.74 Å². The molecule has 0 bridgehead atoms. The van der Waals surface area contributed by atoms with Crippen LogP contribution in [-0.4, -0.2) is 39.6 Å². The first-order chi connectivity index (χ1) is 15.7. The van der Waals surface area contributed by atoms with E-state index in [-0.39, 0.29) is 11.9 Å². The number of anilines is 2. The largest absolute Gasteiger partial charge is 0.497 e. The van der Waals surface area contributed by atoms with Gasteiger partial charge in [0.1, 0.15) is 17.3 Å². The summed E-state index contributed by atoms with van der Waals surface area (Å²) in [6.07, 6.45) is 2.08. The molecule has 8 heteroatoms. The van der Waals surface area contributed by atoms with Crippen molar-refractivity contribution < 1.29 is 14.6 Å². The van der Waals surface area contributed by atoms with Crippen LogP contribution in [0.3, 0.4) is 0 Å². The van der Waals surface area contributed by atoms with Crippen molar-refractivity contribution in [2.45, 2.75) is 6.42 Å². The number of benzene rings is 2. The third-order valence-corrected chi connectivity index (χ3v) is 5.43. The van der Waals surface area contributed by atoms with Crippen molar-refractivity contribution in [3.05, 3.63) is 78.5 Å². The van der Waals surface area contributed by atoms with Gasteiger partial charge in [-0.05, 0) is 55.0 Å². The van der Waals surface area contributed by atoms with Crippen molar-refractivity contribution in [1.82, 2.24) is 14.8 Å². The number of fused-ring (bicyclic) bond motifs is 3. The van der Waals surface area contributed by atoms with Crippen molar-refractivity contribution >= 4 is 17.5 Å². The van der Waals surface area contributed by atoms with Crippen molar-refractivity contribution in [2.24, 2.45) is 0 Å². The normalized spacial score (nSPS) is 12.5. The molecule has 0 atom stereocenters. The average Bonchev–Trinajstić information content (AvgIpc) is 3.06. The number of amides is 2. The van der Waals surface area contributed by atoms with Crippen LogP contribution < -0.4 is 15.0 Å². The van der Waals surface area contributed by atoms with Crippen molar-refractivity contribution in [3.8, 4) is 28.6 Å². The highest BCUT2D eigenvalue weighted by Crippen LogP contribution is 2.39. The zero-order valence-electron chi connectivity index (χ0n) is 17.4. The number of hydrogen-bond donors (Lipinski definition) is 2. The molecule has 0 radical (unpaired) electrons. The summed E-state index contributed by atoms with van der Waals surface area (Å²) in [5, 5.41) is 18.5. The summed E-state index contributed by atoms with van der Waals surface area (Å²) in [6.45, 7) is 0.340. The maximum absolute atomic E-state index is 13.1. The van der Waals surface area contributed by atoms with Gasteiger partial charge < -0.3 is 15.2 Å². The molecule has 5 rings (SSSR count).